The lowest BCUT2D eigenvalue weighted by Gasteiger charge is -2.52. The topological polar surface area (TPSA) is 77.6 Å². The summed E-state index contributed by atoms with van der Waals surface area (Å²) >= 11 is 0. The molecule has 6 nitrogen and oxygen atoms in total. The SMILES string of the molecule is C[C@@]12C[C@@H](c3ccccc3O1)[C@H](C(N)=O)C(=O)N2CCCn1ccc2ccc(F)cc21. The van der Waals surface area contributed by atoms with Crippen LogP contribution >= 0.6 is 0 Å². The van der Waals surface area contributed by atoms with Gasteiger partial charge >= 0.3 is 0 Å². The molecule has 1 fully saturated rings. The summed E-state index contributed by atoms with van der Waals surface area (Å²) in [7, 11) is 0. The van der Waals surface area contributed by atoms with Crippen LogP contribution in [-0.2, 0) is 16.1 Å². The highest BCUT2D eigenvalue weighted by Gasteiger charge is 2.55. The minimum Gasteiger partial charge on any atom is -0.468 e. The lowest BCUT2D eigenvalue weighted by Crippen LogP contribution is -2.64. The van der Waals surface area contributed by atoms with Crippen molar-refractivity contribution in [1.82, 2.24) is 9.47 Å². The molecule has 3 aromatic rings. The zero-order chi connectivity index (χ0) is 21.8. The third kappa shape index (κ3) is 3.15. The molecule has 2 aliphatic heterocycles. The molecule has 0 unspecified atom stereocenters. The van der Waals surface area contributed by atoms with Gasteiger partial charge in [-0.15, -0.1) is 0 Å². The van der Waals surface area contributed by atoms with Crippen molar-refractivity contribution in [1.29, 1.82) is 0 Å². The van der Waals surface area contributed by atoms with Gasteiger partial charge in [0.1, 0.15) is 17.5 Å². The van der Waals surface area contributed by atoms with Crippen LogP contribution < -0.4 is 10.5 Å². The number of likely N-dealkylation sites (tertiary alicyclic amines) is 1. The summed E-state index contributed by atoms with van der Waals surface area (Å²) in [6, 6.07) is 14.2. The molecule has 2 N–H and O–H groups in total. The average molecular weight is 421 g/mol. The standard InChI is InChI=1S/C24H24FN3O3/c1-24-14-18(17-5-2-3-6-20(17)31-24)21(22(26)29)23(30)28(24)11-4-10-27-12-9-15-7-8-16(25)13-19(15)27/h2-3,5-9,12-13,18,21H,4,10-11,14H2,1H3,(H2,26,29)/t18-,21+,24-/m0/s1. The predicted octanol–water partition coefficient (Wildman–Crippen LogP) is 3.40. The third-order valence-corrected chi connectivity index (χ3v) is 6.58. The Labute approximate surface area is 179 Å². The number of rotatable bonds is 5. The Balaban J connectivity index is 1.40. The van der Waals surface area contributed by atoms with Crippen molar-refractivity contribution >= 4 is 22.7 Å². The lowest BCUT2D eigenvalue weighted by molar-refractivity contribution is -0.175. The second kappa shape index (κ2) is 7.11. The van der Waals surface area contributed by atoms with Gasteiger partial charge in [0, 0.05) is 31.6 Å². The number of fused-ring (bicyclic) bond motifs is 5. The Hall–Kier alpha value is -3.35. The Bertz CT molecular complexity index is 1190. The molecule has 0 spiro atoms. The maximum atomic E-state index is 13.7. The fraction of sp³-hybridized carbons (Fsp3) is 0.333. The molecule has 3 atom stereocenters. The number of nitrogens with two attached hydrogens (primary N) is 1. The van der Waals surface area contributed by atoms with E-state index in [-0.39, 0.29) is 17.6 Å². The minimum atomic E-state index is -0.903. The zero-order valence-corrected chi connectivity index (χ0v) is 17.3. The van der Waals surface area contributed by atoms with Gasteiger partial charge in [-0.25, -0.2) is 4.39 Å². The van der Waals surface area contributed by atoms with Crippen molar-refractivity contribution in [2.75, 3.05) is 6.54 Å². The van der Waals surface area contributed by atoms with Crippen LogP contribution in [0.15, 0.2) is 54.7 Å². The van der Waals surface area contributed by atoms with E-state index in [1.165, 1.54) is 12.1 Å². The number of aromatic nitrogens is 1. The summed E-state index contributed by atoms with van der Waals surface area (Å²) in [5.74, 6) is -1.67. The molecule has 5 rings (SSSR count). The smallest absolute Gasteiger partial charge is 0.238 e. The first-order valence-electron chi connectivity index (χ1n) is 10.5. The highest BCUT2D eigenvalue weighted by Crippen LogP contribution is 2.50. The molecular weight excluding hydrogens is 397 g/mol. The van der Waals surface area contributed by atoms with Crippen LogP contribution in [0.4, 0.5) is 4.39 Å². The van der Waals surface area contributed by atoms with E-state index >= 15 is 0 Å². The number of carbonyl (C=O) groups excluding carboxylic acids is 2. The molecule has 2 amide bonds. The Morgan fingerprint density at radius 1 is 1.23 bits per heavy atom. The molecule has 31 heavy (non-hydrogen) atoms. The van der Waals surface area contributed by atoms with Crippen LogP contribution in [-0.4, -0.2) is 33.6 Å². The number of piperidine rings is 1. The number of aryl methyl sites for hydroxylation is 1. The third-order valence-electron chi connectivity index (χ3n) is 6.58. The molecule has 3 heterocycles. The fourth-order valence-corrected chi connectivity index (χ4v) is 5.13. The summed E-state index contributed by atoms with van der Waals surface area (Å²) in [5, 5.41) is 0.964. The van der Waals surface area contributed by atoms with Crippen molar-refractivity contribution in [3.05, 3.63) is 66.1 Å². The van der Waals surface area contributed by atoms with Gasteiger partial charge in [-0.2, -0.15) is 0 Å². The highest BCUT2D eigenvalue weighted by molar-refractivity contribution is 6.01. The second-order valence-electron chi connectivity index (χ2n) is 8.56. The lowest BCUT2D eigenvalue weighted by atomic mass is 9.73. The predicted molar refractivity (Wildman–Crippen MR) is 114 cm³/mol. The quantitative estimate of drug-likeness (QED) is 0.642. The van der Waals surface area contributed by atoms with Crippen LogP contribution in [0, 0.1) is 11.7 Å². The van der Waals surface area contributed by atoms with Crippen molar-refractivity contribution in [3.63, 3.8) is 0 Å². The summed E-state index contributed by atoms with van der Waals surface area (Å²) in [6.07, 6.45) is 3.06. The first kappa shape index (κ1) is 19.6. The second-order valence-corrected chi connectivity index (χ2v) is 8.56. The molecule has 0 saturated carbocycles. The maximum absolute atomic E-state index is 13.7. The number of ether oxygens (including phenoxy) is 1. The largest absolute Gasteiger partial charge is 0.468 e. The summed E-state index contributed by atoms with van der Waals surface area (Å²) in [5.41, 5.74) is 6.50. The van der Waals surface area contributed by atoms with Crippen molar-refractivity contribution in [3.8, 4) is 5.75 Å². The number of halogens is 1. The molecule has 0 aliphatic carbocycles. The van der Waals surface area contributed by atoms with Crippen LogP contribution in [0.1, 0.15) is 31.2 Å². The van der Waals surface area contributed by atoms with E-state index in [9.17, 15) is 14.0 Å². The van der Waals surface area contributed by atoms with Crippen LogP contribution in [0.3, 0.4) is 0 Å². The van der Waals surface area contributed by atoms with E-state index < -0.39 is 17.6 Å². The number of para-hydroxylation sites is 1. The van der Waals surface area contributed by atoms with Gasteiger partial charge in [0.25, 0.3) is 0 Å². The number of hydrogen-bond donors (Lipinski definition) is 1. The van der Waals surface area contributed by atoms with Gasteiger partial charge in [0.2, 0.25) is 11.8 Å². The maximum Gasteiger partial charge on any atom is 0.238 e. The van der Waals surface area contributed by atoms with Gasteiger partial charge in [-0.3, -0.25) is 9.59 Å². The van der Waals surface area contributed by atoms with Gasteiger partial charge < -0.3 is 19.9 Å². The van der Waals surface area contributed by atoms with E-state index in [2.05, 4.69) is 0 Å². The van der Waals surface area contributed by atoms with E-state index in [4.69, 9.17) is 10.5 Å². The van der Waals surface area contributed by atoms with Gasteiger partial charge in [-0.05, 0) is 54.6 Å². The van der Waals surface area contributed by atoms with E-state index in [1.54, 1.807) is 11.0 Å². The highest BCUT2D eigenvalue weighted by atomic mass is 19.1. The summed E-state index contributed by atoms with van der Waals surface area (Å²) in [6.45, 7) is 2.91. The van der Waals surface area contributed by atoms with Gasteiger partial charge in [-0.1, -0.05) is 18.2 Å². The van der Waals surface area contributed by atoms with Crippen molar-refractivity contribution in [2.24, 2.45) is 11.7 Å². The number of amides is 2. The molecule has 2 aromatic carbocycles. The summed E-state index contributed by atoms with van der Waals surface area (Å²) in [4.78, 5) is 27.2. The Morgan fingerprint density at radius 3 is 2.84 bits per heavy atom. The number of primary amides is 1. The van der Waals surface area contributed by atoms with Crippen LogP contribution in [0.5, 0.6) is 5.75 Å². The molecule has 2 aliphatic rings. The van der Waals surface area contributed by atoms with E-state index in [1.807, 2.05) is 48.0 Å². The number of hydrogen-bond acceptors (Lipinski definition) is 3. The number of nitrogens with zero attached hydrogens (tertiary/aromatic N) is 2. The van der Waals surface area contributed by atoms with Crippen LogP contribution in [0.25, 0.3) is 10.9 Å². The Kier molecular flexibility index (Phi) is 4.50. The first-order valence-corrected chi connectivity index (χ1v) is 10.5. The number of benzene rings is 2. The number of carbonyl (C=O) groups is 2. The first-order chi connectivity index (χ1) is 14.9. The fourth-order valence-electron chi connectivity index (χ4n) is 5.13. The zero-order valence-electron chi connectivity index (χ0n) is 17.3. The van der Waals surface area contributed by atoms with Gasteiger partial charge in [0.05, 0.1) is 5.52 Å². The molecule has 0 radical (unpaired) electrons. The molecule has 1 saturated heterocycles. The Morgan fingerprint density at radius 2 is 2.03 bits per heavy atom. The minimum absolute atomic E-state index is 0.282. The molecule has 7 heteroatoms. The molecule has 1 aromatic heterocycles. The van der Waals surface area contributed by atoms with E-state index in [0.29, 0.717) is 31.7 Å². The monoisotopic (exact) mass is 421 g/mol. The average Bonchev–Trinajstić information content (AvgIpc) is 3.12. The normalized spacial score (nSPS) is 24.7. The van der Waals surface area contributed by atoms with Crippen LogP contribution in [0.2, 0.25) is 0 Å². The molecular formula is C24H24FN3O3. The van der Waals surface area contributed by atoms with Crippen molar-refractivity contribution in [2.45, 2.75) is 38.0 Å². The van der Waals surface area contributed by atoms with Crippen molar-refractivity contribution < 1.29 is 18.7 Å². The molecule has 160 valence electrons. The van der Waals surface area contributed by atoms with E-state index in [0.717, 1.165) is 16.5 Å². The van der Waals surface area contributed by atoms with Gasteiger partial charge in [0.15, 0.2) is 5.72 Å². The summed E-state index contributed by atoms with van der Waals surface area (Å²) < 4.78 is 21.9. The molecule has 2 bridgehead atoms.